The van der Waals surface area contributed by atoms with Gasteiger partial charge in [0.1, 0.15) is 6.61 Å². The number of ketones is 1. The molecule has 3 rings (SSSR count). The minimum absolute atomic E-state index is 0.0662. The van der Waals surface area contributed by atoms with Gasteiger partial charge in [0, 0.05) is 18.4 Å². The molecule has 1 heterocycles. The first-order valence-electron chi connectivity index (χ1n) is 7.49. The van der Waals surface area contributed by atoms with Crippen LogP contribution in [0.4, 0.5) is 0 Å². The largest absolute Gasteiger partial charge is 0.377 e. The zero-order valence-electron chi connectivity index (χ0n) is 13.3. The minimum Gasteiger partial charge on any atom is -0.377 e. The van der Waals surface area contributed by atoms with Gasteiger partial charge in [-0.1, -0.05) is 60.3 Å². The highest BCUT2D eigenvalue weighted by Crippen LogP contribution is 2.23. The molecule has 0 aliphatic heterocycles. The molecule has 0 fully saturated rings. The van der Waals surface area contributed by atoms with E-state index >= 15 is 0 Å². The Balaban J connectivity index is 1.82. The van der Waals surface area contributed by atoms with Crippen molar-refractivity contribution in [3.8, 4) is 5.69 Å². The molecule has 5 nitrogen and oxygen atoms in total. The van der Waals surface area contributed by atoms with Crippen LogP contribution in [0.15, 0.2) is 65.8 Å². The molecule has 1 aromatic heterocycles. The smallest absolute Gasteiger partial charge is 0.196 e. The van der Waals surface area contributed by atoms with Crippen molar-refractivity contribution in [2.75, 3.05) is 12.9 Å². The number of benzene rings is 2. The molecule has 0 spiro atoms. The van der Waals surface area contributed by atoms with Crippen LogP contribution in [0, 0.1) is 0 Å². The van der Waals surface area contributed by atoms with Crippen molar-refractivity contribution in [3.05, 3.63) is 72.1 Å². The Bertz CT molecular complexity index is 804. The third-order valence-electron chi connectivity index (χ3n) is 3.42. The van der Waals surface area contributed by atoms with Crippen molar-refractivity contribution in [3.63, 3.8) is 0 Å². The van der Waals surface area contributed by atoms with Crippen LogP contribution >= 0.6 is 11.8 Å². The molecular formula is C18H17N3O2S. The van der Waals surface area contributed by atoms with Crippen molar-refractivity contribution in [1.29, 1.82) is 0 Å². The molecule has 6 heteroatoms. The Hall–Kier alpha value is -2.44. The van der Waals surface area contributed by atoms with Gasteiger partial charge in [0.15, 0.2) is 16.8 Å². The van der Waals surface area contributed by atoms with Crippen molar-refractivity contribution >= 4 is 17.5 Å². The third kappa shape index (κ3) is 3.72. The number of aromatic nitrogens is 3. The fraction of sp³-hybridized carbons (Fsp3) is 0.167. The van der Waals surface area contributed by atoms with E-state index in [0.717, 1.165) is 5.69 Å². The number of methoxy groups -OCH3 is 1. The Morgan fingerprint density at radius 2 is 1.71 bits per heavy atom. The Morgan fingerprint density at radius 3 is 2.38 bits per heavy atom. The Kier molecular flexibility index (Phi) is 5.40. The molecule has 0 atom stereocenters. The van der Waals surface area contributed by atoms with Crippen LogP contribution in [0.5, 0.6) is 0 Å². The average molecular weight is 339 g/mol. The molecule has 0 saturated carbocycles. The second kappa shape index (κ2) is 7.90. The summed E-state index contributed by atoms with van der Waals surface area (Å²) in [5, 5.41) is 9.09. The number of carbonyl (C=O) groups is 1. The molecule has 0 aliphatic rings. The van der Waals surface area contributed by atoms with Gasteiger partial charge in [-0.25, -0.2) is 0 Å². The lowest BCUT2D eigenvalue weighted by Gasteiger charge is -2.09. The molecule has 2 aromatic carbocycles. The molecule has 0 radical (unpaired) electrons. The number of rotatable bonds is 7. The lowest BCUT2D eigenvalue weighted by Crippen LogP contribution is -2.06. The summed E-state index contributed by atoms with van der Waals surface area (Å²) in [5.41, 5.74) is 1.65. The van der Waals surface area contributed by atoms with Crippen LogP contribution in [0.25, 0.3) is 5.69 Å². The van der Waals surface area contributed by atoms with Gasteiger partial charge < -0.3 is 4.74 Å². The number of carbonyl (C=O) groups excluding carboxylic acids is 1. The number of hydrogen-bond donors (Lipinski definition) is 0. The number of ether oxygens (including phenoxy) is 1. The lowest BCUT2D eigenvalue weighted by atomic mass is 10.2. The maximum Gasteiger partial charge on any atom is 0.196 e. The fourth-order valence-electron chi connectivity index (χ4n) is 2.29. The molecule has 0 N–H and O–H groups in total. The number of Topliss-reactive ketones (excluding diaryl/α,β-unsaturated/α-hetero) is 1. The number of para-hydroxylation sites is 1. The SMILES string of the molecule is COCc1nnc(SCC(=O)c2ccccc2)n1-c1ccccc1. The molecule has 0 aliphatic carbocycles. The zero-order chi connectivity index (χ0) is 16.8. The van der Waals surface area contributed by atoms with Crippen LogP contribution in [-0.2, 0) is 11.3 Å². The van der Waals surface area contributed by atoms with Gasteiger partial charge in [-0.3, -0.25) is 9.36 Å². The van der Waals surface area contributed by atoms with E-state index in [-0.39, 0.29) is 5.78 Å². The summed E-state index contributed by atoms with van der Waals surface area (Å²) in [5.74, 6) is 1.08. The van der Waals surface area contributed by atoms with E-state index in [4.69, 9.17) is 4.74 Å². The summed E-state index contributed by atoms with van der Waals surface area (Å²) >= 11 is 1.38. The van der Waals surface area contributed by atoms with Crippen LogP contribution in [0.3, 0.4) is 0 Å². The minimum atomic E-state index is 0.0662. The molecule has 122 valence electrons. The van der Waals surface area contributed by atoms with Gasteiger partial charge in [-0.2, -0.15) is 0 Å². The standard InChI is InChI=1S/C18H17N3O2S/c1-23-12-17-19-20-18(21(17)15-10-6-3-7-11-15)24-13-16(22)14-8-4-2-5-9-14/h2-11H,12-13H2,1H3. The van der Waals surface area contributed by atoms with Crippen LogP contribution in [0.1, 0.15) is 16.2 Å². The van der Waals surface area contributed by atoms with Gasteiger partial charge in [0.25, 0.3) is 0 Å². The first kappa shape index (κ1) is 16.4. The summed E-state index contributed by atoms with van der Waals surface area (Å²) in [4.78, 5) is 12.3. The zero-order valence-corrected chi connectivity index (χ0v) is 14.1. The van der Waals surface area contributed by atoms with Crippen molar-refractivity contribution < 1.29 is 9.53 Å². The van der Waals surface area contributed by atoms with Crippen LogP contribution in [-0.4, -0.2) is 33.4 Å². The van der Waals surface area contributed by atoms with Crippen LogP contribution < -0.4 is 0 Å². The number of nitrogens with zero attached hydrogens (tertiary/aromatic N) is 3. The highest BCUT2D eigenvalue weighted by Gasteiger charge is 2.16. The highest BCUT2D eigenvalue weighted by atomic mass is 32.2. The topological polar surface area (TPSA) is 57.0 Å². The molecule has 24 heavy (non-hydrogen) atoms. The van der Waals surface area contributed by atoms with E-state index in [1.165, 1.54) is 11.8 Å². The summed E-state index contributed by atoms with van der Waals surface area (Å²) in [6.45, 7) is 0.356. The average Bonchev–Trinajstić information content (AvgIpc) is 3.04. The maximum atomic E-state index is 12.3. The summed E-state index contributed by atoms with van der Waals surface area (Å²) in [6.07, 6.45) is 0. The molecule has 0 bridgehead atoms. The molecule has 0 unspecified atom stereocenters. The summed E-state index contributed by atoms with van der Waals surface area (Å²) in [7, 11) is 1.62. The normalized spacial score (nSPS) is 10.7. The predicted octanol–water partition coefficient (Wildman–Crippen LogP) is 3.39. The first-order valence-corrected chi connectivity index (χ1v) is 8.48. The Labute approximate surface area is 144 Å². The monoisotopic (exact) mass is 339 g/mol. The third-order valence-corrected chi connectivity index (χ3v) is 4.35. The van der Waals surface area contributed by atoms with Crippen molar-refractivity contribution in [1.82, 2.24) is 14.8 Å². The molecule has 0 amide bonds. The van der Waals surface area contributed by atoms with E-state index in [2.05, 4.69) is 10.2 Å². The van der Waals surface area contributed by atoms with Crippen molar-refractivity contribution in [2.24, 2.45) is 0 Å². The number of thioether (sulfide) groups is 1. The van der Waals surface area contributed by atoms with Crippen molar-refractivity contribution in [2.45, 2.75) is 11.8 Å². The summed E-state index contributed by atoms with van der Waals surface area (Å²) < 4.78 is 7.12. The van der Waals surface area contributed by atoms with Crippen LogP contribution in [0.2, 0.25) is 0 Å². The maximum absolute atomic E-state index is 12.3. The highest BCUT2D eigenvalue weighted by molar-refractivity contribution is 7.99. The molecule has 0 saturated heterocycles. The van der Waals surface area contributed by atoms with E-state index in [9.17, 15) is 4.79 Å². The first-order chi connectivity index (χ1) is 11.8. The second-order valence-corrected chi connectivity index (χ2v) is 6.02. The Morgan fingerprint density at radius 1 is 1.04 bits per heavy atom. The van der Waals surface area contributed by atoms with Gasteiger partial charge in [-0.05, 0) is 12.1 Å². The van der Waals surface area contributed by atoms with Gasteiger partial charge in [0.2, 0.25) is 0 Å². The van der Waals surface area contributed by atoms with Gasteiger partial charge >= 0.3 is 0 Å². The lowest BCUT2D eigenvalue weighted by molar-refractivity contribution is 0.102. The van der Waals surface area contributed by atoms with Gasteiger partial charge in [0.05, 0.1) is 5.75 Å². The predicted molar refractivity (Wildman–Crippen MR) is 93.6 cm³/mol. The fourth-order valence-corrected chi connectivity index (χ4v) is 3.16. The van der Waals surface area contributed by atoms with E-state index in [0.29, 0.717) is 28.9 Å². The second-order valence-electron chi connectivity index (χ2n) is 5.08. The summed E-state index contributed by atoms with van der Waals surface area (Å²) in [6, 6.07) is 19.1. The van der Waals surface area contributed by atoms with E-state index in [1.54, 1.807) is 7.11 Å². The van der Waals surface area contributed by atoms with E-state index in [1.807, 2.05) is 65.2 Å². The number of hydrogen-bond acceptors (Lipinski definition) is 5. The molecular weight excluding hydrogens is 322 g/mol. The van der Waals surface area contributed by atoms with Gasteiger partial charge in [-0.15, -0.1) is 10.2 Å². The molecule has 3 aromatic rings. The quantitative estimate of drug-likeness (QED) is 0.488. The van der Waals surface area contributed by atoms with E-state index < -0.39 is 0 Å².